The van der Waals surface area contributed by atoms with Crippen LogP contribution < -0.4 is 5.73 Å². The Morgan fingerprint density at radius 1 is 0.400 bits per heavy atom. The van der Waals surface area contributed by atoms with Crippen LogP contribution >= 0.6 is 11.6 Å². The van der Waals surface area contributed by atoms with Gasteiger partial charge in [0.05, 0.1) is 92.5 Å². The molecular formula is C16H34ClNO7. The molecular weight excluding hydrogens is 354 g/mol. The van der Waals surface area contributed by atoms with Crippen molar-refractivity contribution in [2.75, 3.05) is 105 Å². The number of ether oxygens (including phenoxy) is 7. The largest absolute Gasteiger partial charge is 0.378 e. The van der Waals surface area contributed by atoms with Crippen LogP contribution in [0.4, 0.5) is 0 Å². The minimum absolute atomic E-state index is 0.507. The second-order valence-corrected chi connectivity index (χ2v) is 5.14. The van der Waals surface area contributed by atoms with Gasteiger partial charge in [0.25, 0.3) is 0 Å². The summed E-state index contributed by atoms with van der Waals surface area (Å²) in [5.41, 5.74) is 5.29. The van der Waals surface area contributed by atoms with Crippen LogP contribution in [0.1, 0.15) is 0 Å². The number of alkyl halides is 1. The van der Waals surface area contributed by atoms with Gasteiger partial charge in [0.15, 0.2) is 0 Å². The van der Waals surface area contributed by atoms with Gasteiger partial charge in [-0.25, -0.2) is 0 Å². The first-order valence-electron chi connectivity index (χ1n) is 8.72. The van der Waals surface area contributed by atoms with E-state index in [0.29, 0.717) is 105 Å². The highest BCUT2D eigenvalue weighted by Gasteiger charge is 1.94. The molecule has 0 aromatic rings. The molecule has 0 aromatic heterocycles. The average Bonchev–Trinajstić information content (AvgIpc) is 2.63. The van der Waals surface area contributed by atoms with E-state index in [2.05, 4.69) is 0 Å². The topological polar surface area (TPSA) is 90.6 Å². The Labute approximate surface area is 156 Å². The van der Waals surface area contributed by atoms with E-state index in [0.717, 1.165) is 0 Å². The van der Waals surface area contributed by atoms with Gasteiger partial charge in [-0.1, -0.05) is 0 Å². The van der Waals surface area contributed by atoms with E-state index in [1.54, 1.807) is 0 Å². The maximum absolute atomic E-state index is 5.47. The van der Waals surface area contributed by atoms with Gasteiger partial charge in [-0.3, -0.25) is 0 Å². The summed E-state index contributed by atoms with van der Waals surface area (Å²) in [6.45, 7) is 8.23. The van der Waals surface area contributed by atoms with E-state index in [4.69, 9.17) is 50.5 Å². The molecule has 0 aliphatic carbocycles. The van der Waals surface area contributed by atoms with Gasteiger partial charge in [0, 0.05) is 12.4 Å². The lowest BCUT2D eigenvalue weighted by Gasteiger charge is -2.08. The van der Waals surface area contributed by atoms with Crippen molar-refractivity contribution in [2.45, 2.75) is 0 Å². The zero-order chi connectivity index (χ0) is 18.3. The Morgan fingerprint density at radius 2 is 0.640 bits per heavy atom. The maximum Gasteiger partial charge on any atom is 0.0701 e. The average molecular weight is 388 g/mol. The molecule has 8 nitrogen and oxygen atoms in total. The van der Waals surface area contributed by atoms with E-state index in [1.165, 1.54) is 0 Å². The SMILES string of the molecule is NCCOCCOCCOCCOCCOCCOCCOCCCl. The van der Waals surface area contributed by atoms with E-state index in [1.807, 2.05) is 0 Å². The number of halogens is 1. The Balaban J connectivity index is 2.94. The third-order valence-electron chi connectivity index (χ3n) is 2.72. The van der Waals surface area contributed by atoms with Crippen LogP contribution in [0.25, 0.3) is 0 Å². The predicted molar refractivity (Wildman–Crippen MR) is 95.5 cm³/mol. The van der Waals surface area contributed by atoms with Gasteiger partial charge in [-0.2, -0.15) is 0 Å². The molecule has 0 aliphatic rings. The molecule has 0 aromatic carbocycles. The normalized spacial score (nSPS) is 11.3. The standard InChI is InChI=1S/C16H34ClNO7/c17-1-3-19-5-7-21-9-11-23-13-15-25-16-14-24-12-10-22-8-6-20-4-2-18/h1-16,18H2. The highest BCUT2D eigenvalue weighted by atomic mass is 35.5. The zero-order valence-electron chi connectivity index (χ0n) is 15.1. The van der Waals surface area contributed by atoms with Crippen molar-refractivity contribution in [1.29, 1.82) is 0 Å². The molecule has 25 heavy (non-hydrogen) atoms. The van der Waals surface area contributed by atoms with E-state index in [9.17, 15) is 0 Å². The molecule has 0 heterocycles. The fourth-order valence-corrected chi connectivity index (χ4v) is 1.67. The molecule has 0 bridgehead atoms. The van der Waals surface area contributed by atoms with Crippen molar-refractivity contribution in [3.63, 3.8) is 0 Å². The van der Waals surface area contributed by atoms with Gasteiger partial charge < -0.3 is 38.9 Å². The molecule has 0 aliphatic heterocycles. The van der Waals surface area contributed by atoms with Gasteiger partial charge in [0.1, 0.15) is 0 Å². The first-order chi connectivity index (χ1) is 12.4. The fourth-order valence-electron chi connectivity index (χ4n) is 1.56. The molecule has 2 N–H and O–H groups in total. The number of hydrogen-bond acceptors (Lipinski definition) is 8. The fraction of sp³-hybridized carbons (Fsp3) is 1.00. The summed E-state index contributed by atoms with van der Waals surface area (Å²) >= 11 is 5.47. The number of hydrogen-bond donors (Lipinski definition) is 1. The predicted octanol–water partition coefficient (Wildman–Crippen LogP) is 0.300. The van der Waals surface area contributed by atoms with Crippen LogP contribution in [0.3, 0.4) is 0 Å². The summed E-state index contributed by atoms with van der Waals surface area (Å²) in [4.78, 5) is 0. The first-order valence-corrected chi connectivity index (χ1v) is 9.25. The molecule has 0 rings (SSSR count). The van der Waals surface area contributed by atoms with Gasteiger partial charge >= 0.3 is 0 Å². The Bertz CT molecular complexity index is 219. The highest BCUT2D eigenvalue weighted by molar-refractivity contribution is 6.17. The van der Waals surface area contributed by atoms with Crippen molar-refractivity contribution >= 4 is 11.6 Å². The summed E-state index contributed by atoms with van der Waals surface area (Å²) in [6.07, 6.45) is 0. The first kappa shape index (κ1) is 25.0. The summed E-state index contributed by atoms with van der Waals surface area (Å²) in [6, 6.07) is 0. The van der Waals surface area contributed by atoms with E-state index < -0.39 is 0 Å². The lowest BCUT2D eigenvalue weighted by molar-refractivity contribution is -0.0198. The summed E-state index contributed by atoms with van der Waals surface area (Å²) in [5.74, 6) is 0.507. The van der Waals surface area contributed by atoms with Crippen LogP contribution in [-0.4, -0.2) is 105 Å². The summed E-state index contributed by atoms with van der Waals surface area (Å²) in [7, 11) is 0. The Morgan fingerprint density at radius 3 is 0.880 bits per heavy atom. The summed E-state index contributed by atoms with van der Waals surface area (Å²) in [5, 5.41) is 0. The van der Waals surface area contributed by atoms with Crippen LogP contribution in [0, 0.1) is 0 Å². The number of nitrogens with two attached hydrogens (primary N) is 1. The molecule has 0 saturated carbocycles. The van der Waals surface area contributed by atoms with E-state index in [-0.39, 0.29) is 0 Å². The lowest BCUT2D eigenvalue weighted by atomic mass is 10.6. The van der Waals surface area contributed by atoms with Gasteiger partial charge in [0.2, 0.25) is 0 Å². The minimum Gasteiger partial charge on any atom is -0.378 e. The maximum atomic E-state index is 5.47. The zero-order valence-corrected chi connectivity index (χ0v) is 15.9. The second kappa shape index (κ2) is 24.0. The highest BCUT2D eigenvalue weighted by Crippen LogP contribution is 1.85. The molecule has 0 spiro atoms. The van der Waals surface area contributed by atoms with Crippen LogP contribution in [0.15, 0.2) is 0 Å². The summed E-state index contributed by atoms with van der Waals surface area (Å²) < 4.78 is 37.1. The monoisotopic (exact) mass is 387 g/mol. The Kier molecular flexibility index (Phi) is 23.9. The van der Waals surface area contributed by atoms with Crippen LogP contribution in [0.2, 0.25) is 0 Å². The smallest absolute Gasteiger partial charge is 0.0701 e. The van der Waals surface area contributed by atoms with Crippen molar-refractivity contribution in [3.05, 3.63) is 0 Å². The van der Waals surface area contributed by atoms with Gasteiger partial charge in [-0.05, 0) is 0 Å². The van der Waals surface area contributed by atoms with Crippen LogP contribution in [0.5, 0.6) is 0 Å². The molecule has 0 amide bonds. The van der Waals surface area contributed by atoms with Crippen molar-refractivity contribution in [3.8, 4) is 0 Å². The molecule has 0 atom stereocenters. The quantitative estimate of drug-likeness (QED) is 0.209. The molecule has 152 valence electrons. The lowest BCUT2D eigenvalue weighted by Crippen LogP contribution is -2.15. The molecule has 0 fully saturated rings. The molecule has 0 unspecified atom stereocenters. The minimum atomic E-state index is 0.507. The number of rotatable bonds is 22. The Hall–Kier alpha value is -0.0300. The second-order valence-electron chi connectivity index (χ2n) is 4.76. The van der Waals surface area contributed by atoms with Crippen molar-refractivity contribution in [1.82, 2.24) is 0 Å². The van der Waals surface area contributed by atoms with E-state index >= 15 is 0 Å². The third-order valence-corrected chi connectivity index (χ3v) is 2.87. The van der Waals surface area contributed by atoms with Crippen molar-refractivity contribution < 1.29 is 33.2 Å². The molecule has 9 heteroatoms. The van der Waals surface area contributed by atoms with Gasteiger partial charge in [-0.15, -0.1) is 11.6 Å². The molecule has 0 saturated heterocycles. The van der Waals surface area contributed by atoms with Crippen LogP contribution in [-0.2, 0) is 33.2 Å². The third kappa shape index (κ3) is 24.0. The molecule has 0 radical (unpaired) electrons. The van der Waals surface area contributed by atoms with Crippen molar-refractivity contribution in [2.24, 2.45) is 5.73 Å².